The minimum atomic E-state index is -0.104. The first-order chi connectivity index (χ1) is 8.56. The molecule has 0 amide bonds. The van der Waals surface area contributed by atoms with Crippen molar-refractivity contribution in [2.24, 2.45) is 0 Å². The summed E-state index contributed by atoms with van der Waals surface area (Å²) in [6.07, 6.45) is 1.85. The van der Waals surface area contributed by atoms with E-state index >= 15 is 0 Å². The molecular formula is C17H19F. The number of benzene rings is 2. The normalized spacial score (nSPS) is 10.7. The SMILES string of the molecule is Cc1ccc(CCc2ccc(C)c(F)c2)cc1C. The van der Waals surface area contributed by atoms with Crippen LogP contribution in [-0.4, -0.2) is 0 Å². The summed E-state index contributed by atoms with van der Waals surface area (Å²) in [4.78, 5) is 0. The molecule has 0 radical (unpaired) electrons. The van der Waals surface area contributed by atoms with Crippen molar-refractivity contribution < 1.29 is 4.39 Å². The molecule has 0 aliphatic rings. The molecule has 0 nitrogen and oxygen atoms in total. The molecule has 0 unspecified atom stereocenters. The number of hydrogen-bond donors (Lipinski definition) is 0. The Hall–Kier alpha value is -1.63. The van der Waals surface area contributed by atoms with Gasteiger partial charge >= 0.3 is 0 Å². The monoisotopic (exact) mass is 242 g/mol. The van der Waals surface area contributed by atoms with Gasteiger partial charge in [0, 0.05) is 0 Å². The van der Waals surface area contributed by atoms with Gasteiger partial charge in [-0.2, -0.15) is 0 Å². The van der Waals surface area contributed by atoms with E-state index < -0.39 is 0 Å². The van der Waals surface area contributed by atoms with Gasteiger partial charge in [0.1, 0.15) is 5.82 Å². The van der Waals surface area contributed by atoms with Crippen LogP contribution in [0.15, 0.2) is 36.4 Å². The van der Waals surface area contributed by atoms with E-state index in [1.807, 2.05) is 12.1 Å². The average molecular weight is 242 g/mol. The largest absolute Gasteiger partial charge is 0.207 e. The van der Waals surface area contributed by atoms with Crippen molar-refractivity contribution in [3.8, 4) is 0 Å². The van der Waals surface area contributed by atoms with Crippen molar-refractivity contribution in [2.75, 3.05) is 0 Å². The number of aryl methyl sites for hydroxylation is 5. The molecule has 0 aliphatic heterocycles. The Balaban J connectivity index is 2.06. The van der Waals surface area contributed by atoms with Crippen molar-refractivity contribution in [3.05, 3.63) is 70.0 Å². The van der Waals surface area contributed by atoms with Crippen LogP contribution in [0.4, 0.5) is 4.39 Å². The second-order valence-corrected chi connectivity index (χ2v) is 5.00. The van der Waals surface area contributed by atoms with Crippen LogP contribution in [0.25, 0.3) is 0 Å². The predicted octanol–water partition coefficient (Wildman–Crippen LogP) is 4.54. The summed E-state index contributed by atoms with van der Waals surface area (Å²) in [5.74, 6) is -0.104. The Morgan fingerprint density at radius 1 is 0.722 bits per heavy atom. The zero-order valence-corrected chi connectivity index (χ0v) is 11.3. The number of rotatable bonds is 3. The van der Waals surface area contributed by atoms with E-state index in [1.54, 1.807) is 13.0 Å². The third kappa shape index (κ3) is 2.98. The smallest absolute Gasteiger partial charge is 0.126 e. The molecule has 0 fully saturated rings. The Morgan fingerprint density at radius 2 is 1.28 bits per heavy atom. The average Bonchev–Trinajstić information content (AvgIpc) is 2.35. The molecule has 0 saturated carbocycles. The summed E-state index contributed by atoms with van der Waals surface area (Å²) < 4.78 is 13.4. The third-order valence-electron chi connectivity index (χ3n) is 3.51. The standard InChI is InChI=1S/C17H19F/c1-12-4-6-15(10-14(12)3)8-9-16-7-5-13(2)17(18)11-16/h4-7,10-11H,8-9H2,1-3H3. The van der Waals surface area contributed by atoms with Gasteiger partial charge in [0.25, 0.3) is 0 Å². The summed E-state index contributed by atoms with van der Waals surface area (Å²) in [5.41, 5.74) is 5.74. The number of hydrogen-bond acceptors (Lipinski definition) is 0. The van der Waals surface area contributed by atoms with Crippen LogP contribution >= 0.6 is 0 Å². The molecule has 0 aliphatic carbocycles. The molecule has 0 bridgehead atoms. The van der Waals surface area contributed by atoms with Crippen LogP contribution < -0.4 is 0 Å². The fourth-order valence-electron chi connectivity index (χ4n) is 2.04. The topological polar surface area (TPSA) is 0 Å². The molecule has 1 heteroatoms. The molecule has 94 valence electrons. The lowest BCUT2D eigenvalue weighted by atomic mass is 10.00. The highest BCUT2D eigenvalue weighted by molar-refractivity contribution is 5.31. The van der Waals surface area contributed by atoms with Crippen molar-refractivity contribution in [3.63, 3.8) is 0 Å². The Labute approximate surface area is 108 Å². The molecule has 0 heterocycles. The van der Waals surface area contributed by atoms with Gasteiger partial charge in [0.05, 0.1) is 0 Å². The van der Waals surface area contributed by atoms with Gasteiger partial charge in [-0.1, -0.05) is 30.3 Å². The first-order valence-electron chi connectivity index (χ1n) is 6.37. The second-order valence-electron chi connectivity index (χ2n) is 5.00. The fourth-order valence-corrected chi connectivity index (χ4v) is 2.04. The van der Waals surface area contributed by atoms with Crippen molar-refractivity contribution in [2.45, 2.75) is 33.6 Å². The molecule has 0 atom stereocenters. The summed E-state index contributed by atoms with van der Waals surface area (Å²) in [6, 6.07) is 12.0. The van der Waals surface area contributed by atoms with E-state index in [2.05, 4.69) is 32.0 Å². The fraction of sp³-hybridized carbons (Fsp3) is 0.294. The third-order valence-corrected chi connectivity index (χ3v) is 3.51. The van der Waals surface area contributed by atoms with E-state index in [-0.39, 0.29) is 5.82 Å². The van der Waals surface area contributed by atoms with Crippen LogP contribution in [-0.2, 0) is 12.8 Å². The van der Waals surface area contributed by atoms with Crippen molar-refractivity contribution >= 4 is 0 Å². The predicted molar refractivity (Wildman–Crippen MR) is 74.5 cm³/mol. The lowest BCUT2D eigenvalue weighted by Crippen LogP contribution is -1.94. The van der Waals surface area contributed by atoms with Crippen LogP contribution in [0.2, 0.25) is 0 Å². The van der Waals surface area contributed by atoms with Gasteiger partial charge in [-0.05, 0) is 67.5 Å². The van der Waals surface area contributed by atoms with Crippen molar-refractivity contribution in [1.29, 1.82) is 0 Å². The van der Waals surface area contributed by atoms with Gasteiger partial charge in [-0.25, -0.2) is 4.39 Å². The van der Waals surface area contributed by atoms with Crippen LogP contribution in [0.1, 0.15) is 27.8 Å². The van der Waals surface area contributed by atoms with E-state index in [0.717, 1.165) is 18.4 Å². The summed E-state index contributed by atoms with van der Waals surface area (Å²) >= 11 is 0. The highest BCUT2D eigenvalue weighted by Gasteiger charge is 2.01. The molecule has 2 aromatic carbocycles. The minimum absolute atomic E-state index is 0.104. The van der Waals surface area contributed by atoms with Crippen LogP contribution in [0.3, 0.4) is 0 Å². The van der Waals surface area contributed by atoms with Gasteiger partial charge in [-0.3, -0.25) is 0 Å². The maximum atomic E-state index is 13.4. The molecule has 0 spiro atoms. The van der Waals surface area contributed by atoms with E-state index in [0.29, 0.717) is 5.56 Å². The molecule has 0 N–H and O–H groups in total. The highest BCUT2D eigenvalue weighted by Crippen LogP contribution is 2.14. The molecule has 0 aromatic heterocycles. The first-order valence-corrected chi connectivity index (χ1v) is 6.37. The number of halogens is 1. The highest BCUT2D eigenvalue weighted by atomic mass is 19.1. The van der Waals surface area contributed by atoms with Gasteiger partial charge < -0.3 is 0 Å². The Morgan fingerprint density at radius 3 is 1.83 bits per heavy atom. The summed E-state index contributed by atoms with van der Waals surface area (Å²) in [5, 5.41) is 0. The lowest BCUT2D eigenvalue weighted by Gasteiger charge is -2.06. The Bertz CT molecular complexity index is 504. The van der Waals surface area contributed by atoms with Gasteiger partial charge in [-0.15, -0.1) is 0 Å². The summed E-state index contributed by atoms with van der Waals surface area (Å²) in [6.45, 7) is 6.04. The first kappa shape index (κ1) is 12.8. The second kappa shape index (κ2) is 5.34. The zero-order valence-electron chi connectivity index (χ0n) is 11.3. The molecule has 0 saturated heterocycles. The van der Waals surface area contributed by atoms with Crippen LogP contribution in [0, 0.1) is 26.6 Å². The molecule has 2 rings (SSSR count). The summed E-state index contributed by atoms with van der Waals surface area (Å²) in [7, 11) is 0. The van der Waals surface area contributed by atoms with Gasteiger partial charge in [0.15, 0.2) is 0 Å². The molecule has 18 heavy (non-hydrogen) atoms. The quantitative estimate of drug-likeness (QED) is 0.741. The minimum Gasteiger partial charge on any atom is -0.207 e. The van der Waals surface area contributed by atoms with Crippen molar-refractivity contribution in [1.82, 2.24) is 0 Å². The molecule has 2 aromatic rings. The van der Waals surface area contributed by atoms with E-state index in [9.17, 15) is 4.39 Å². The maximum Gasteiger partial charge on any atom is 0.126 e. The van der Waals surface area contributed by atoms with Crippen LogP contribution in [0.5, 0.6) is 0 Å². The van der Waals surface area contributed by atoms with Gasteiger partial charge in [0.2, 0.25) is 0 Å². The molecular weight excluding hydrogens is 223 g/mol. The maximum absolute atomic E-state index is 13.4. The Kier molecular flexibility index (Phi) is 3.81. The van der Waals surface area contributed by atoms with E-state index in [1.165, 1.54) is 16.7 Å². The lowest BCUT2D eigenvalue weighted by molar-refractivity contribution is 0.616. The zero-order chi connectivity index (χ0) is 13.1. The van der Waals surface area contributed by atoms with E-state index in [4.69, 9.17) is 0 Å².